The van der Waals surface area contributed by atoms with E-state index in [1.807, 2.05) is 13.8 Å². The quantitative estimate of drug-likeness (QED) is 0.743. The summed E-state index contributed by atoms with van der Waals surface area (Å²) in [5, 5.41) is 11.5. The number of aliphatic carboxylic acids is 1. The first-order chi connectivity index (χ1) is 8.92. The fourth-order valence-corrected chi connectivity index (χ4v) is 1.94. The van der Waals surface area contributed by atoms with Crippen LogP contribution in [0.5, 0.6) is 0 Å². The van der Waals surface area contributed by atoms with E-state index in [2.05, 4.69) is 5.32 Å². The predicted octanol–water partition coefficient (Wildman–Crippen LogP) is 1.33. The number of esters is 1. The Kier molecular flexibility index (Phi) is 4.46. The molecule has 0 heterocycles. The summed E-state index contributed by atoms with van der Waals surface area (Å²) in [6.45, 7) is 8.99. The number of ether oxygens (including phenoxy) is 1. The van der Waals surface area contributed by atoms with Crippen molar-refractivity contribution in [3.05, 3.63) is 0 Å². The van der Waals surface area contributed by atoms with Crippen molar-refractivity contribution in [1.82, 2.24) is 5.32 Å². The van der Waals surface area contributed by atoms with Gasteiger partial charge in [0, 0.05) is 5.92 Å². The molecule has 1 rings (SSSR count). The standard InChI is InChI=1S/C14H23NO5/c1-13(2,3)20-10(16)6-9(12(18)19)15-11(17)8-7-14(8,4)5/h8-9H,6-7H2,1-5H3,(H,15,17)(H,18,19)/t8?,9-/m0/s1. The lowest BCUT2D eigenvalue weighted by molar-refractivity contribution is -0.158. The average molecular weight is 285 g/mol. The van der Waals surface area contributed by atoms with E-state index >= 15 is 0 Å². The molecule has 1 aliphatic carbocycles. The third kappa shape index (κ3) is 4.83. The van der Waals surface area contributed by atoms with E-state index in [1.165, 1.54) is 0 Å². The number of amides is 1. The van der Waals surface area contributed by atoms with E-state index < -0.39 is 23.6 Å². The van der Waals surface area contributed by atoms with Gasteiger partial charge in [0.15, 0.2) is 0 Å². The van der Waals surface area contributed by atoms with Crippen molar-refractivity contribution in [1.29, 1.82) is 0 Å². The van der Waals surface area contributed by atoms with Crippen molar-refractivity contribution in [2.24, 2.45) is 11.3 Å². The van der Waals surface area contributed by atoms with Crippen LogP contribution in [0.3, 0.4) is 0 Å². The lowest BCUT2D eigenvalue weighted by Crippen LogP contribution is -2.44. The molecule has 0 spiro atoms. The smallest absolute Gasteiger partial charge is 0.326 e. The van der Waals surface area contributed by atoms with Crippen LogP contribution in [0.25, 0.3) is 0 Å². The fraction of sp³-hybridized carbons (Fsp3) is 0.786. The van der Waals surface area contributed by atoms with Crippen molar-refractivity contribution < 1.29 is 24.2 Å². The number of nitrogens with one attached hydrogen (secondary N) is 1. The van der Waals surface area contributed by atoms with E-state index in [-0.39, 0.29) is 23.7 Å². The molecule has 0 aliphatic heterocycles. The SMILES string of the molecule is CC(C)(C)OC(=O)C[C@H](NC(=O)C1CC1(C)C)C(=O)O. The molecule has 1 fully saturated rings. The van der Waals surface area contributed by atoms with Gasteiger partial charge in [0.25, 0.3) is 0 Å². The van der Waals surface area contributed by atoms with Crippen LogP contribution in [0.1, 0.15) is 47.5 Å². The Bertz CT molecular complexity index is 422. The summed E-state index contributed by atoms with van der Waals surface area (Å²) in [6.07, 6.45) is 0.364. The molecule has 2 N–H and O–H groups in total. The van der Waals surface area contributed by atoms with Crippen molar-refractivity contribution in [2.45, 2.75) is 59.1 Å². The van der Waals surface area contributed by atoms with Crippen LogP contribution in [0.4, 0.5) is 0 Å². The summed E-state index contributed by atoms with van der Waals surface area (Å²) in [5.74, 6) is -2.36. The molecular weight excluding hydrogens is 262 g/mol. The highest BCUT2D eigenvalue weighted by atomic mass is 16.6. The van der Waals surface area contributed by atoms with Gasteiger partial charge in [-0.25, -0.2) is 4.79 Å². The maximum absolute atomic E-state index is 11.9. The lowest BCUT2D eigenvalue weighted by Gasteiger charge is -2.21. The van der Waals surface area contributed by atoms with Crippen molar-refractivity contribution >= 4 is 17.8 Å². The number of carbonyl (C=O) groups excluding carboxylic acids is 2. The Hall–Kier alpha value is -1.59. The summed E-state index contributed by atoms with van der Waals surface area (Å²) in [6, 6.07) is -1.24. The molecule has 0 bridgehead atoms. The van der Waals surface area contributed by atoms with Crippen LogP contribution < -0.4 is 5.32 Å². The minimum Gasteiger partial charge on any atom is -0.480 e. The molecule has 1 unspecified atom stereocenters. The minimum absolute atomic E-state index is 0.0843. The molecular formula is C14H23NO5. The monoisotopic (exact) mass is 285 g/mol. The summed E-state index contributed by atoms with van der Waals surface area (Å²) in [5.41, 5.74) is -0.762. The van der Waals surface area contributed by atoms with Gasteiger partial charge in [-0.05, 0) is 32.6 Å². The van der Waals surface area contributed by atoms with E-state index in [9.17, 15) is 14.4 Å². The van der Waals surface area contributed by atoms with Gasteiger partial charge < -0.3 is 15.2 Å². The first kappa shape index (κ1) is 16.5. The van der Waals surface area contributed by atoms with Gasteiger partial charge >= 0.3 is 11.9 Å². The number of rotatable bonds is 5. The molecule has 2 atom stereocenters. The maximum atomic E-state index is 11.9. The molecule has 1 amide bonds. The summed E-state index contributed by atoms with van der Waals surface area (Å²) < 4.78 is 5.06. The van der Waals surface area contributed by atoms with Crippen LogP contribution in [0, 0.1) is 11.3 Å². The molecule has 0 aromatic rings. The minimum atomic E-state index is -1.24. The third-order valence-electron chi connectivity index (χ3n) is 3.24. The molecule has 20 heavy (non-hydrogen) atoms. The topological polar surface area (TPSA) is 92.7 Å². The van der Waals surface area contributed by atoms with Crippen LogP contribution >= 0.6 is 0 Å². The molecule has 0 aromatic carbocycles. The largest absolute Gasteiger partial charge is 0.480 e. The number of hydrogen-bond acceptors (Lipinski definition) is 4. The van der Waals surface area contributed by atoms with Crippen molar-refractivity contribution in [3.8, 4) is 0 Å². The highest BCUT2D eigenvalue weighted by Crippen LogP contribution is 2.51. The van der Waals surface area contributed by atoms with E-state index in [0.29, 0.717) is 0 Å². The van der Waals surface area contributed by atoms with Crippen molar-refractivity contribution in [2.75, 3.05) is 0 Å². The zero-order valence-corrected chi connectivity index (χ0v) is 12.6. The highest BCUT2D eigenvalue weighted by molar-refractivity contribution is 5.89. The van der Waals surface area contributed by atoms with Crippen LogP contribution in [-0.2, 0) is 19.1 Å². The maximum Gasteiger partial charge on any atom is 0.326 e. The lowest BCUT2D eigenvalue weighted by atomic mass is 10.1. The van der Waals surface area contributed by atoms with Crippen molar-refractivity contribution in [3.63, 3.8) is 0 Å². The van der Waals surface area contributed by atoms with Crippen LogP contribution in [0.2, 0.25) is 0 Å². The van der Waals surface area contributed by atoms with Gasteiger partial charge in [0.2, 0.25) is 5.91 Å². The number of carbonyl (C=O) groups is 3. The fourth-order valence-electron chi connectivity index (χ4n) is 1.94. The summed E-state index contributed by atoms with van der Waals surface area (Å²) >= 11 is 0. The molecule has 0 aromatic heterocycles. The van der Waals surface area contributed by atoms with E-state index in [4.69, 9.17) is 9.84 Å². The second-order valence-electron chi connectivity index (χ2n) is 6.94. The number of carboxylic acids is 1. The Balaban J connectivity index is 2.55. The Morgan fingerprint density at radius 1 is 1.35 bits per heavy atom. The van der Waals surface area contributed by atoms with Crippen LogP contribution in [0.15, 0.2) is 0 Å². The predicted molar refractivity (Wildman–Crippen MR) is 71.9 cm³/mol. The third-order valence-corrected chi connectivity index (χ3v) is 3.24. The highest BCUT2D eigenvalue weighted by Gasteiger charge is 2.51. The Morgan fingerprint density at radius 3 is 2.20 bits per heavy atom. The molecule has 6 nitrogen and oxygen atoms in total. The van der Waals surface area contributed by atoms with Gasteiger partial charge in [0.1, 0.15) is 11.6 Å². The summed E-state index contributed by atoms with van der Waals surface area (Å²) in [7, 11) is 0. The molecule has 1 aliphatic rings. The molecule has 1 saturated carbocycles. The van der Waals surface area contributed by atoms with E-state index in [1.54, 1.807) is 20.8 Å². The van der Waals surface area contributed by atoms with Gasteiger partial charge in [-0.3, -0.25) is 9.59 Å². The number of hydrogen-bond donors (Lipinski definition) is 2. The molecule has 6 heteroatoms. The Labute approximate surface area is 118 Å². The number of carboxylic acid groups (broad SMARTS) is 1. The average Bonchev–Trinajstić information content (AvgIpc) is 2.83. The van der Waals surface area contributed by atoms with E-state index in [0.717, 1.165) is 6.42 Å². The first-order valence-corrected chi connectivity index (χ1v) is 6.67. The molecule has 114 valence electrons. The molecule has 0 radical (unpaired) electrons. The second kappa shape index (κ2) is 5.42. The van der Waals surface area contributed by atoms with Gasteiger partial charge in [-0.2, -0.15) is 0 Å². The van der Waals surface area contributed by atoms with Gasteiger partial charge in [-0.15, -0.1) is 0 Å². The Morgan fingerprint density at radius 2 is 1.85 bits per heavy atom. The van der Waals surface area contributed by atoms with Gasteiger partial charge in [-0.1, -0.05) is 13.8 Å². The first-order valence-electron chi connectivity index (χ1n) is 6.67. The zero-order valence-electron chi connectivity index (χ0n) is 12.6. The van der Waals surface area contributed by atoms with Gasteiger partial charge in [0.05, 0.1) is 6.42 Å². The summed E-state index contributed by atoms with van der Waals surface area (Å²) in [4.78, 5) is 34.6. The van der Waals surface area contributed by atoms with Crippen LogP contribution in [-0.4, -0.2) is 34.6 Å². The zero-order chi connectivity index (χ0) is 15.7. The normalized spacial score (nSPS) is 21.8. The molecule has 0 saturated heterocycles. The second-order valence-corrected chi connectivity index (χ2v) is 6.94.